The minimum atomic E-state index is -0.452. The second-order valence-corrected chi connectivity index (χ2v) is 5.91. The van der Waals surface area contributed by atoms with Gasteiger partial charge in [-0.3, -0.25) is 10.1 Å². The summed E-state index contributed by atoms with van der Waals surface area (Å²) >= 11 is 0. The molecule has 0 unspecified atom stereocenters. The van der Waals surface area contributed by atoms with Gasteiger partial charge in [-0.1, -0.05) is 0 Å². The summed E-state index contributed by atoms with van der Waals surface area (Å²) in [4.78, 5) is 12.9. The molecule has 6 heteroatoms. The molecule has 1 aliphatic carbocycles. The first-order valence-corrected chi connectivity index (χ1v) is 7.56. The summed E-state index contributed by atoms with van der Waals surface area (Å²) in [6.45, 7) is 0. The Hall–Kier alpha value is -2.89. The maximum Gasteiger partial charge on any atom is 0.311 e. The van der Waals surface area contributed by atoms with Crippen LogP contribution < -0.4 is 4.74 Å². The van der Waals surface area contributed by atoms with Crippen molar-refractivity contribution in [1.82, 2.24) is 4.90 Å². The Kier molecular flexibility index (Phi) is 4.20. The molecule has 0 aliphatic heterocycles. The number of nitro groups is 1. The third-order valence-electron chi connectivity index (χ3n) is 3.85. The first-order valence-electron chi connectivity index (χ1n) is 7.56. The number of hydrogen-bond donors (Lipinski definition) is 0. The molecular formula is C18H17FN2O3. The predicted molar refractivity (Wildman–Crippen MR) is 89.6 cm³/mol. The van der Waals surface area contributed by atoms with Crippen LogP contribution in [0.3, 0.4) is 0 Å². The normalized spacial score (nSPS) is 14.5. The number of halogens is 1. The van der Waals surface area contributed by atoms with Crippen LogP contribution in [0.2, 0.25) is 0 Å². The van der Waals surface area contributed by atoms with Crippen molar-refractivity contribution in [2.45, 2.75) is 12.8 Å². The van der Waals surface area contributed by atoms with E-state index in [2.05, 4.69) is 0 Å². The van der Waals surface area contributed by atoms with E-state index < -0.39 is 4.92 Å². The van der Waals surface area contributed by atoms with E-state index in [-0.39, 0.29) is 17.3 Å². The number of rotatable bonds is 4. The molecule has 0 radical (unpaired) electrons. The Morgan fingerprint density at radius 2 is 1.92 bits per heavy atom. The zero-order valence-corrected chi connectivity index (χ0v) is 13.5. The fourth-order valence-corrected chi connectivity index (χ4v) is 2.82. The van der Waals surface area contributed by atoms with Gasteiger partial charge in [0.1, 0.15) is 11.6 Å². The molecule has 0 N–H and O–H groups in total. The van der Waals surface area contributed by atoms with Crippen molar-refractivity contribution in [3.63, 3.8) is 0 Å². The average Bonchev–Trinajstić information content (AvgIpc) is 2.90. The van der Waals surface area contributed by atoms with Crippen LogP contribution >= 0.6 is 0 Å². The molecule has 0 aromatic heterocycles. The zero-order chi connectivity index (χ0) is 17.3. The Bertz CT molecular complexity index is 814. The first-order chi connectivity index (χ1) is 11.4. The van der Waals surface area contributed by atoms with E-state index in [1.807, 2.05) is 25.2 Å². The van der Waals surface area contributed by atoms with Crippen molar-refractivity contribution in [2.24, 2.45) is 0 Å². The SMILES string of the molecule is CN(C)C=C1CCc2cc([N+](=O)[O-])c(Oc3ccc(F)cc3)cc21. The lowest BCUT2D eigenvalue weighted by atomic mass is 10.1. The molecule has 0 bridgehead atoms. The van der Waals surface area contributed by atoms with Crippen LogP contribution in [0.15, 0.2) is 42.6 Å². The summed E-state index contributed by atoms with van der Waals surface area (Å²) < 4.78 is 18.7. The number of aryl methyl sites for hydroxylation is 1. The lowest BCUT2D eigenvalue weighted by molar-refractivity contribution is -0.385. The van der Waals surface area contributed by atoms with Gasteiger partial charge in [0.2, 0.25) is 5.75 Å². The second kappa shape index (κ2) is 6.31. The van der Waals surface area contributed by atoms with Gasteiger partial charge in [0.15, 0.2) is 0 Å². The highest BCUT2D eigenvalue weighted by atomic mass is 19.1. The molecular weight excluding hydrogens is 311 g/mol. The van der Waals surface area contributed by atoms with Gasteiger partial charge in [-0.15, -0.1) is 0 Å². The van der Waals surface area contributed by atoms with E-state index in [0.717, 1.165) is 29.5 Å². The summed E-state index contributed by atoms with van der Waals surface area (Å²) in [6, 6.07) is 8.69. The van der Waals surface area contributed by atoms with Gasteiger partial charge >= 0.3 is 5.69 Å². The molecule has 0 saturated heterocycles. The molecule has 124 valence electrons. The van der Waals surface area contributed by atoms with Crippen molar-refractivity contribution in [1.29, 1.82) is 0 Å². The number of allylic oxidation sites excluding steroid dienone is 1. The van der Waals surface area contributed by atoms with E-state index >= 15 is 0 Å². The summed E-state index contributed by atoms with van der Waals surface area (Å²) in [5, 5.41) is 11.4. The predicted octanol–water partition coefficient (Wildman–Crippen LogP) is 4.37. The van der Waals surface area contributed by atoms with Crippen LogP contribution in [0, 0.1) is 15.9 Å². The highest BCUT2D eigenvalue weighted by Gasteiger charge is 2.25. The molecule has 0 saturated carbocycles. The summed E-state index contributed by atoms with van der Waals surface area (Å²) in [6.07, 6.45) is 3.62. The zero-order valence-electron chi connectivity index (χ0n) is 13.5. The van der Waals surface area contributed by atoms with Crippen molar-refractivity contribution in [2.75, 3.05) is 14.1 Å². The van der Waals surface area contributed by atoms with Gasteiger partial charge < -0.3 is 9.64 Å². The number of nitro benzene ring substituents is 1. The third-order valence-corrected chi connectivity index (χ3v) is 3.85. The van der Waals surface area contributed by atoms with E-state index in [0.29, 0.717) is 5.75 Å². The highest BCUT2D eigenvalue weighted by Crippen LogP contribution is 2.41. The maximum absolute atomic E-state index is 13.0. The van der Waals surface area contributed by atoms with Gasteiger partial charge in [-0.05, 0) is 59.9 Å². The molecule has 24 heavy (non-hydrogen) atoms. The second-order valence-electron chi connectivity index (χ2n) is 5.91. The number of nitrogens with zero attached hydrogens (tertiary/aromatic N) is 2. The van der Waals surface area contributed by atoms with Crippen molar-refractivity contribution in [3.8, 4) is 11.5 Å². The van der Waals surface area contributed by atoms with Crippen molar-refractivity contribution >= 4 is 11.3 Å². The molecule has 0 fully saturated rings. The monoisotopic (exact) mass is 328 g/mol. The number of fused-ring (bicyclic) bond motifs is 1. The highest BCUT2D eigenvalue weighted by molar-refractivity contribution is 5.76. The molecule has 0 atom stereocenters. The quantitative estimate of drug-likeness (QED) is 0.617. The molecule has 0 heterocycles. The van der Waals surface area contributed by atoms with Crippen LogP contribution in [0.25, 0.3) is 5.57 Å². The Balaban J connectivity index is 2.04. The van der Waals surface area contributed by atoms with Gasteiger partial charge in [0.05, 0.1) is 4.92 Å². The maximum atomic E-state index is 13.0. The number of hydrogen-bond acceptors (Lipinski definition) is 4. The lowest BCUT2D eigenvalue weighted by Gasteiger charge is -2.11. The van der Waals surface area contributed by atoms with Gasteiger partial charge in [0, 0.05) is 26.4 Å². The minimum absolute atomic E-state index is 0.0795. The van der Waals surface area contributed by atoms with Crippen LogP contribution in [0.4, 0.5) is 10.1 Å². The van der Waals surface area contributed by atoms with Crippen LogP contribution in [-0.4, -0.2) is 23.9 Å². The largest absolute Gasteiger partial charge is 0.450 e. The fraction of sp³-hybridized carbons (Fsp3) is 0.222. The van der Waals surface area contributed by atoms with E-state index in [9.17, 15) is 14.5 Å². The summed E-state index contributed by atoms with van der Waals surface area (Å²) in [5.41, 5.74) is 2.95. The summed E-state index contributed by atoms with van der Waals surface area (Å²) in [7, 11) is 3.87. The fourth-order valence-electron chi connectivity index (χ4n) is 2.82. The Labute approximate surface area is 139 Å². The first kappa shape index (κ1) is 16.0. The van der Waals surface area contributed by atoms with Gasteiger partial charge in [-0.25, -0.2) is 4.39 Å². The smallest absolute Gasteiger partial charge is 0.311 e. The topological polar surface area (TPSA) is 55.6 Å². The Morgan fingerprint density at radius 1 is 1.21 bits per heavy atom. The molecule has 2 aromatic rings. The molecule has 3 rings (SSSR count). The van der Waals surface area contributed by atoms with Crippen LogP contribution in [0.1, 0.15) is 17.5 Å². The Morgan fingerprint density at radius 3 is 2.54 bits per heavy atom. The van der Waals surface area contributed by atoms with Crippen LogP contribution in [0.5, 0.6) is 11.5 Å². The average molecular weight is 328 g/mol. The molecule has 2 aromatic carbocycles. The van der Waals surface area contributed by atoms with E-state index in [1.54, 1.807) is 12.1 Å². The number of ether oxygens (including phenoxy) is 1. The van der Waals surface area contributed by atoms with Gasteiger partial charge in [0.25, 0.3) is 0 Å². The van der Waals surface area contributed by atoms with E-state index in [4.69, 9.17) is 4.74 Å². The lowest BCUT2D eigenvalue weighted by Crippen LogP contribution is -2.02. The molecule has 0 spiro atoms. The standard InChI is InChI=1S/C18H17FN2O3/c1-20(2)11-13-4-3-12-9-17(21(22)23)18(10-16(12)13)24-15-7-5-14(19)6-8-15/h5-11H,3-4H2,1-2H3. The molecule has 0 amide bonds. The van der Waals surface area contributed by atoms with Crippen LogP contribution in [-0.2, 0) is 6.42 Å². The minimum Gasteiger partial charge on any atom is -0.450 e. The van der Waals surface area contributed by atoms with E-state index in [1.165, 1.54) is 24.3 Å². The van der Waals surface area contributed by atoms with Gasteiger partial charge in [-0.2, -0.15) is 0 Å². The molecule has 5 nitrogen and oxygen atoms in total. The van der Waals surface area contributed by atoms with Crippen molar-refractivity contribution in [3.05, 3.63) is 69.7 Å². The molecule has 1 aliphatic rings. The van der Waals surface area contributed by atoms with Crippen molar-refractivity contribution < 1.29 is 14.1 Å². The number of benzene rings is 2. The summed E-state index contributed by atoms with van der Waals surface area (Å²) in [5.74, 6) is 0.134. The third kappa shape index (κ3) is 3.22.